The molecule has 3 heterocycles. The van der Waals surface area contributed by atoms with E-state index >= 15 is 0 Å². The zero-order chi connectivity index (χ0) is 15.7. The van der Waals surface area contributed by atoms with E-state index in [2.05, 4.69) is 20.3 Å². The fraction of sp³-hybridized carbons (Fsp3) is 0.571. The molecule has 0 aliphatic carbocycles. The maximum absolute atomic E-state index is 11.8. The average Bonchev–Trinajstić information content (AvgIpc) is 3.13. The number of nitrogens with zero attached hydrogens (tertiary/aromatic N) is 4. The fourth-order valence-electron chi connectivity index (χ4n) is 2.44. The Kier molecular flexibility index (Phi) is 4.04. The van der Waals surface area contributed by atoms with Gasteiger partial charge in [-0.25, -0.2) is 15.0 Å². The quantitative estimate of drug-likeness (QED) is 0.876. The van der Waals surface area contributed by atoms with Gasteiger partial charge in [-0.2, -0.15) is 0 Å². The summed E-state index contributed by atoms with van der Waals surface area (Å²) >= 11 is 0. The van der Waals surface area contributed by atoms with Crippen LogP contribution in [0, 0.1) is 5.92 Å². The second-order valence-electron chi connectivity index (χ2n) is 5.66. The van der Waals surface area contributed by atoms with Gasteiger partial charge < -0.3 is 15.2 Å². The molecule has 2 aromatic rings. The Hall–Kier alpha value is -2.06. The molecule has 118 valence electrons. The standard InChI is InChI=1S/C14H19N5O3/c1-8(2)14(21)18-12-11-13(16-6-15-12)19(7-17-11)10-4-3-9(5-20)22-10/h6-10,20H,3-5H2,1-2H3,(H,15,16,18,21)/t9-,10+/m0/s1. The Morgan fingerprint density at radius 1 is 1.45 bits per heavy atom. The molecule has 0 unspecified atom stereocenters. The molecule has 0 saturated carbocycles. The summed E-state index contributed by atoms with van der Waals surface area (Å²) in [4.78, 5) is 24.5. The second-order valence-corrected chi connectivity index (χ2v) is 5.66. The number of anilines is 1. The first-order valence-corrected chi connectivity index (χ1v) is 7.35. The maximum Gasteiger partial charge on any atom is 0.228 e. The third kappa shape index (κ3) is 2.67. The van der Waals surface area contributed by atoms with Crippen LogP contribution in [-0.4, -0.2) is 43.2 Å². The third-order valence-electron chi connectivity index (χ3n) is 3.72. The molecule has 0 spiro atoms. The van der Waals surface area contributed by atoms with E-state index in [0.29, 0.717) is 17.0 Å². The predicted molar refractivity (Wildman–Crippen MR) is 79.0 cm³/mol. The highest BCUT2D eigenvalue weighted by Gasteiger charge is 2.28. The van der Waals surface area contributed by atoms with Crippen LogP contribution in [0.25, 0.3) is 11.2 Å². The number of aromatic nitrogens is 4. The Bertz CT molecular complexity index is 684. The van der Waals surface area contributed by atoms with Crippen molar-refractivity contribution in [2.45, 2.75) is 39.0 Å². The van der Waals surface area contributed by atoms with Gasteiger partial charge in [-0.15, -0.1) is 0 Å². The van der Waals surface area contributed by atoms with E-state index in [1.54, 1.807) is 6.33 Å². The molecular formula is C14H19N5O3. The van der Waals surface area contributed by atoms with Gasteiger partial charge in [0.15, 0.2) is 17.0 Å². The van der Waals surface area contributed by atoms with Crippen molar-refractivity contribution in [3.8, 4) is 0 Å². The summed E-state index contributed by atoms with van der Waals surface area (Å²) in [5, 5.41) is 11.9. The number of aliphatic hydroxyl groups excluding tert-OH is 1. The van der Waals surface area contributed by atoms with Gasteiger partial charge in [-0.3, -0.25) is 9.36 Å². The van der Waals surface area contributed by atoms with E-state index in [4.69, 9.17) is 9.84 Å². The van der Waals surface area contributed by atoms with Crippen molar-refractivity contribution in [2.24, 2.45) is 5.92 Å². The molecule has 2 atom stereocenters. The third-order valence-corrected chi connectivity index (χ3v) is 3.72. The second kappa shape index (κ2) is 5.98. The Labute approximate surface area is 127 Å². The smallest absolute Gasteiger partial charge is 0.228 e. The first-order chi connectivity index (χ1) is 10.6. The molecule has 3 rings (SSSR count). The van der Waals surface area contributed by atoms with Crippen molar-refractivity contribution in [1.82, 2.24) is 19.5 Å². The molecule has 1 saturated heterocycles. The summed E-state index contributed by atoms with van der Waals surface area (Å²) in [6.07, 6.45) is 4.26. The van der Waals surface area contributed by atoms with E-state index in [1.807, 2.05) is 18.4 Å². The lowest BCUT2D eigenvalue weighted by molar-refractivity contribution is -0.118. The lowest BCUT2D eigenvalue weighted by Crippen LogP contribution is -2.19. The summed E-state index contributed by atoms with van der Waals surface area (Å²) in [5.41, 5.74) is 1.14. The Balaban J connectivity index is 1.90. The zero-order valence-corrected chi connectivity index (χ0v) is 12.6. The number of hydrogen-bond acceptors (Lipinski definition) is 6. The number of imidazole rings is 1. The van der Waals surface area contributed by atoms with Crippen LogP contribution in [0.5, 0.6) is 0 Å². The summed E-state index contributed by atoms with van der Waals surface area (Å²) < 4.78 is 7.56. The van der Waals surface area contributed by atoms with Gasteiger partial charge in [-0.1, -0.05) is 13.8 Å². The number of rotatable bonds is 4. The Morgan fingerprint density at radius 2 is 2.27 bits per heavy atom. The molecule has 22 heavy (non-hydrogen) atoms. The van der Waals surface area contributed by atoms with Crippen LogP contribution >= 0.6 is 0 Å². The first-order valence-electron chi connectivity index (χ1n) is 7.35. The number of ether oxygens (including phenoxy) is 1. The van der Waals surface area contributed by atoms with Crippen molar-refractivity contribution < 1.29 is 14.6 Å². The number of hydrogen-bond donors (Lipinski definition) is 2. The van der Waals surface area contributed by atoms with Gasteiger partial charge in [0.2, 0.25) is 5.91 Å². The topological polar surface area (TPSA) is 102 Å². The predicted octanol–water partition coefficient (Wildman–Crippen LogP) is 1.09. The largest absolute Gasteiger partial charge is 0.394 e. The molecule has 0 aromatic carbocycles. The van der Waals surface area contributed by atoms with Crippen LogP contribution in [0.1, 0.15) is 32.9 Å². The molecular weight excluding hydrogens is 286 g/mol. The number of carbonyl (C=O) groups excluding carboxylic acids is 1. The van der Waals surface area contributed by atoms with Gasteiger partial charge in [0, 0.05) is 5.92 Å². The van der Waals surface area contributed by atoms with Crippen LogP contribution < -0.4 is 5.32 Å². The minimum absolute atomic E-state index is 0.00775. The number of amides is 1. The normalized spacial score (nSPS) is 21.6. The minimum Gasteiger partial charge on any atom is -0.394 e. The van der Waals surface area contributed by atoms with Gasteiger partial charge in [0.05, 0.1) is 19.0 Å². The van der Waals surface area contributed by atoms with E-state index in [9.17, 15) is 4.79 Å². The first kappa shape index (κ1) is 14.9. The molecule has 8 heteroatoms. The molecule has 1 amide bonds. The highest BCUT2D eigenvalue weighted by molar-refractivity contribution is 5.97. The molecule has 8 nitrogen and oxygen atoms in total. The number of fused-ring (bicyclic) bond motifs is 1. The molecule has 1 fully saturated rings. The molecule has 1 aliphatic heterocycles. The van der Waals surface area contributed by atoms with Gasteiger partial charge >= 0.3 is 0 Å². The van der Waals surface area contributed by atoms with E-state index in [1.165, 1.54) is 6.33 Å². The average molecular weight is 305 g/mol. The van der Waals surface area contributed by atoms with Crippen LogP contribution in [0.4, 0.5) is 5.82 Å². The summed E-state index contributed by atoms with van der Waals surface area (Å²) in [6, 6.07) is 0. The maximum atomic E-state index is 11.8. The zero-order valence-electron chi connectivity index (χ0n) is 12.6. The van der Waals surface area contributed by atoms with Crippen molar-refractivity contribution in [3.05, 3.63) is 12.7 Å². The molecule has 1 aliphatic rings. The van der Waals surface area contributed by atoms with Crippen LogP contribution in [-0.2, 0) is 9.53 Å². The van der Waals surface area contributed by atoms with Crippen LogP contribution in [0.3, 0.4) is 0 Å². The fourth-order valence-corrected chi connectivity index (χ4v) is 2.44. The number of aliphatic hydroxyl groups is 1. The highest BCUT2D eigenvalue weighted by Crippen LogP contribution is 2.31. The molecule has 2 N–H and O–H groups in total. The minimum atomic E-state index is -0.203. The summed E-state index contributed by atoms with van der Waals surface area (Å²) in [6.45, 7) is 3.63. The SMILES string of the molecule is CC(C)C(=O)Nc1ncnc2c1ncn2[C@H]1CC[C@@H](CO)O1. The van der Waals surface area contributed by atoms with Crippen molar-refractivity contribution >= 4 is 22.9 Å². The van der Waals surface area contributed by atoms with Gasteiger partial charge in [0.1, 0.15) is 12.6 Å². The van der Waals surface area contributed by atoms with E-state index in [0.717, 1.165) is 12.8 Å². The van der Waals surface area contributed by atoms with Gasteiger partial charge in [0.25, 0.3) is 0 Å². The lowest BCUT2D eigenvalue weighted by Gasteiger charge is -2.14. The van der Waals surface area contributed by atoms with Crippen molar-refractivity contribution in [1.29, 1.82) is 0 Å². The summed E-state index contributed by atoms with van der Waals surface area (Å²) in [7, 11) is 0. The summed E-state index contributed by atoms with van der Waals surface area (Å²) in [5.74, 6) is 0.141. The number of nitrogens with one attached hydrogen (secondary N) is 1. The molecule has 2 aromatic heterocycles. The van der Waals surface area contributed by atoms with Gasteiger partial charge in [-0.05, 0) is 12.8 Å². The van der Waals surface area contributed by atoms with E-state index in [-0.39, 0.29) is 30.8 Å². The van der Waals surface area contributed by atoms with Crippen molar-refractivity contribution in [3.63, 3.8) is 0 Å². The lowest BCUT2D eigenvalue weighted by atomic mass is 10.2. The monoisotopic (exact) mass is 305 g/mol. The van der Waals surface area contributed by atoms with E-state index < -0.39 is 0 Å². The van der Waals surface area contributed by atoms with Crippen LogP contribution in [0.15, 0.2) is 12.7 Å². The molecule has 0 radical (unpaired) electrons. The molecule has 0 bridgehead atoms. The number of carbonyl (C=O) groups is 1. The highest BCUT2D eigenvalue weighted by atomic mass is 16.5. The van der Waals surface area contributed by atoms with Crippen molar-refractivity contribution in [2.75, 3.05) is 11.9 Å². The van der Waals surface area contributed by atoms with Crippen LogP contribution in [0.2, 0.25) is 0 Å². The Morgan fingerprint density at radius 3 is 2.95 bits per heavy atom.